The Balaban J connectivity index is 1.53. The first kappa shape index (κ1) is 20.2. The number of thiophene rings is 1. The predicted octanol–water partition coefficient (Wildman–Crippen LogP) is 4.54. The lowest BCUT2D eigenvalue weighted by Gasteiger charge is -2.32. The highest BCUT2D eigenvalue weighted by Crippen LogP contribution is 2.30. The van der Waals surface area contributed by atoms with Crippen LogP contribution in [0.4, 0.5) is 4.79 Å². The topological polar surface area (TPSA) is 58.6 Å². The number of ether oxygens (including phenoxy) is 1. The molecule has 1 aliphatic carbocycles. The maximum Gasteiger partial charge on any atom is 0.407 e. The minimum Gasteiger partial charge on any atom is -0.444 e. The van der Waals surface area contributed by atoms with Crippen molar-refractivity contribution in [3.05, 3.63) is 21.4 Å². The predicted molar refractivity (Wildman–Crippen MR) is 108 cm³/mol. The van der Waals surface area contributed by atoms with Crippen LogP contribution in [0.1, 0.15) is 79.4 Å². The summed E-state index contributed by atoms with van der Waals surface area (Å²) in [7, 11) is 0. The van der Waals surface area contributed by atoms with Crippen LogP contribution >= 0.6 is 11.3 Å². The minimum atomic E-state index is -0.489. The van der Waals surface area contributed by atoms with Crippen LogP contribution in [0.15, 0.2) is 6.07 Å². The number of carbonyl (C=O) groups is 2. The summed E-state index contributed by atoms with van der Waals surface area (Å²) in [6.45, 7) is 6.94. The van der Waals surface area contributed by atoms with Crippen molar-refractivity contribution in [3.8, 4) is 0 Å². The quantitative estimate of drug-likeness (QED) is 0.804. The van der Waals surface area contributed by atoms with Crippen molar-refractivity contribution < 1.29 is 14.3 Å². The monoisotopic (exact) mass is 392 g/mol. The first-order valence-electron chi connectivity index (χ1n) is 10.2. The summed E-state index contributed by atoms with van der Waals surface area (Å²) in [5.74, 6) is 0.155. The van der Waals surface area contributed by atoms with E-state index < -0.39 is 5.60 Å². The van der Waals surface area contributed by atoms with Crippen LogP contribution in [0, 0.1) is 0 Å². The zero-order chi connectivity index (χ0) is 19.4. The zero-order valence-corrected chi connectivity index (χ0v) is 17.6. The Morgan fingerprint density at radius 1 is 1.11 bits per heavy atom. The molecular formula is C21H32N2O3S. The van der Waals surface area contributed by atoms with Crippen LogP contribution in [0.5, 0.6) is 0 Å². The van der Waals surface area contributed by atoms with Crippen molar-refractivity contribution in [1.29, 1.82) is 0 Å². The number of carbonyl (C=O) groups excluding carboxylic acids is 2. The molecule has 2 heterocycles. The molecule has 1 aliphatic heterocycles. The van der Waals surface area contributed by atoms with Crippen molar-refractivity contribution in [2.45, 2.75) is 83.8 Å². The van der Waals surface area contributed by atoms with Gasteiger partial charge in [0.05, 0.1) is 4.88 Å². The smallest absolute Gasteiger partial charge is 0.407 e. The molecule has 1 aromatic rings. The first-order chi connectivity index (χ1) is 12.8. The van der Waals surface area contributed by atoms with Crippen molar-refractivity contribution >= 4 is 23.3 Å². The van der Waals surface area contributed by atoms with Gasteiger partial charge in [-0.05, 0) is 70.9 Å². The molecule has 27 heavy (non-hydrogen) atoms. The molecule has 1 N–H and O–H groups in total. The highest BCUT2D eigenvalue weighted by atomic mass is 32.1. The van der Waals surface area contributed by atoms with Gasteiger partial charge in [-0.25, -0.2) is 4.79 Å². The van der Waals surface area contributed by atoms with E-state index in [1.165, 1.54) is 36.1 Å². The Kier molecular flexibility index (Phi) is 6.45. The molecule has 6 heteroatoms. The summed E-state index contributed by atoms with van der Waals surface area (Å²) in [5, 5.41) is 2.93. The highest BCUT2D eigenvalue weighted by Gasteiger charge is 2.27. The number of fused-ring (bicyclic) bond motifs is 1. The summed E-state index contributed by atoms with van der Waals surface area (Å²) in [6, 6.07) is 2.21. The second-order valence-electron chi connectivity index (χ2n) is 8.69. The number of hydrogen-bond donors (Lipinski definition) is 1. The molecule has 0 aromatic carbocycles. The number of piperidine rings is 1. The van der Waals surface area contributed by atoms with Crippen LogP contribution in [0.2, 0.25) is 0 Å². The van der Waals surface area contributed by atoms with Crippen LogP contribution in [0.3, 0.4) is 0 Å². The SMILES string of the molecule is CC(C)(C)OC(=O)NC1CCN(C(=O)c2cc3c(s2)CCCCCC3)CC1. The first-order valence-corrected chi connectivity index (χ1v) is 11.0. The maximum atomic E-state index is 12.9. The van der Waals surface area contributed by atoms with Gasteiger partial charge in [0.2, 0.25) is 0 Å². The highest BCUT2D eigenvalue weighted by molar-refractivity contribution is 7.14. The average Bonchev–Trinajstić information content (AvgIpc) is 2.95. The zero-order valence-electron chi connectivity index (χ0n) is 16.8. The van der Waals surface area contributed by atoms with Crippen molar-refractivity contribution in [3.63, 3.8) is 0 Å². The van der Waals surface area contributed by atoms with E-state index in [1.54, 1.807) is 11.3 Å². The van der Waals surface area contributed by atoms with E-state index in [1.807, 2.05) is 25.7 Å². The molecule has 0 unspecified atom stereocenters. The Bertz CT molecular complexity index is 644. The molecule has 5 nitrogen and oxygen atoms in total. The third-order valence-electron chi connectivity index (χ3n) is 5.21. The van der Waals surface area contributed by atoms with Gasteiger partial charge in [-0.3, -0.25) is 4.79 Å². The van der Waals surface area contributed by atoms with Crippen LogP contribution < -0.4 is 5.32 Å². The van der Waals surface area contributed by atoms with Gasteiger partial charge >= 0.3 is 6.09 Å². The van der Waals surface area contributed by atoms with E-state index in [4.69, 9.17) is 4.74 Å². The fourth-order valence-corrected chi connectivity index (χ4v) is 5.03. The molecule has 1 aromatic heterocycles. The molecule has 0 saturated carbocycles. The van der Waals surface area contributed by atoms with E-state index in [0.717, 1.165) is 30.6 Å². The van der Waals surface area contributed by atoms with E-state index in [9.17, 15) is 9.59 Å². The van der Waals surface area contributed by atoms with Gasteiger partial charge in [0.15, 0.2) is 0 Å². The summed E-state index contributed by atoms with van der Waals surface area (Å²) >= 11 is 1.70. The molecule has 0 spiro atoms. The van der Waals surface area contributed by atoms with Crippen LogP contribution in [-0.2, 0) is 17.6 Å². The maximum absolute atomic E-state index is 12.9. The van der Waals surface area contributed by atoms with E-state index in [2.05, 4.69) is 11.4 Å². The molecule has 1 fully saturated rings. The number of aryl methyl sites for hydroxylation is 2. The van der Waals surface area contributed by atoms with E-state index in [-0.39, 0.29) is 18.0 Å². The normalized spacial score (nSPS) is 19.0. The lowest BCUT2D eigenvalue weighted by atomic mass is 9.99. The van der Waals surface area contributed by atoms with Crippen molar-refractivity contribution in [2.75, 3.05) is 13.1 Å². The van der Waals surface area contributed by atoms with Gasteiger partial charge < -0.3 is 15.0 Å². The van der Waals surface area contributed by atoms with Gasteiger partial charge in [0, 0.05) is 24.0 Å². The van der Waals surface area contributed by atoms with Crippen molar-refractivity contribution in [2.24, 2.45) is 0 Å². The number of likely N-dealkylation sites (tertiary alicyclic amines) is 1. The summed E-state index contributed by atoms with van der Waals surface area (Å²) in [6.07, 6.45) is 8.49. The van der Waals surface area contributed by atoms with Crippen molar-refractivity contribution in [1.82, 2.24) is 10.2 Å². The number of hydrogen-bond acceptors (Lipinski definition) is 4. The minimum absolute atomic E-state index is 0.0764. The third-order valence-corrected chi connectivity index (χ3v) is 6.44. The number of rotatable bonds is 2. The van der Waals surface area contributed by atoms with E-state index in [0.29, 0.717) is 13.1 Å². The molecule has 2 aliphatic rings. The standard InChI is InChI=1S/C21H32N2O3S/c1-21(2,3)26-20(25)22-16-10-12-23(13-11-16)19(24)18-14-15-8-6-4-5-7-9-17(15)27-18/h14,16H,4-13H2,1-3H3,(H,22,25). The van der Waals surface area contributed by atoms with E-state index >= 15 is 0 Å². The Labute approximate surface area is 166 Å². The largest absolute Gasteiger partial charge is 0.444 e. The van der Waals surface area contributed by atoms with Gasteiger partial charge in [0.25, 0.3) is 5.91 Å². The second-order valence-corrected chi connectivity index (χ2v) is 9.82. The van der Waals surface area contributed by atoms with Gasteiger partial charge in [-0.2, -0.15) is 0 Å². The van der Waals surface area contributed by atoms with Gasteiger partial charge in [-0.1, -0.05) is 12.8 Å². The molecule has 3 rings (SSSR count). The Morgan fingerprint density at radius 3 is 2.44 bits per heavy atom. The molecule has 0 radical (unpaired) electrons. The van der Waals surface area contributed by atoms with Gasteiger partial charge in [-0.15, -0.1) is 11.3 Å². The number of nitrogens with zero attached hydrogens (tertiary/aromatic N) is 1. The molecule has 2 amide bonds. The lowest BCUT2D eigenvalue weighted by Crippen LogP contribution is -2.47. The average molecular weight is 393 g/mol. The molecule has 150 valence electrons. The van der Waals surface area contributed by atoms with Gasteiger partial charge in [0.1, 0.15) is 5.60 Å². The number of alkyl carbamates (subject to hydrolysis) is 1. The third kappa shape index (κ3) is 5.71. The summed E-state index contributed by atoms with van der Waals surface area (Å²) in [5.41, 5.74) is 0.904. The number of amides is 2. The number of nitrogens with one attached hydrogen (secondary N) is 1. The Morgan fingerprint density at radius 2 is 1.78 bits per heavy atom. The molecule has 0 atom stereocenters. The Hall–Kier alpha value is -1.56. The molecular weight excluding hydrogens is 360 g/mol. The summed E-state index contributed by atoms with van der Waals surface area (Å²) < 4.78 is 5.32. The van der Waals surface area contributed by atoms with Crippen LogP contribution in [0.25, 0.3) is 0 Å². The fraction of sp³-hybridized carbons (Fsp3) is 0.714. The molecule has 1 saturated heterocycles. The lowest BCUT2D eigenvalue weighted by molar-refractivity contribution is 0.0474. The summed E-state index contributed by atoms with van der Waals surface area (Å²) in [4.78, 5) is 29.1. The molecule has 0 bridgehead atoms. The fourth-order valence-electron chi connectivity index (χ4n) is 3.81. The second kappa shape index (κ2) is 8.63. The van der Waals surface area contributed by atoms with Crippen LogP contribution in [-0.4, -0.2) is 41.6 Å².